The van der Waals surface area contributed by atoms with E-state index in [1.165, 1.54) is 0 Å². The van der Waals surface area contributed by atoms with Crippen molar-refractivity contribution in [3.8, 4) is 0 Å². The Morgan fingerprint density at radius 2 is 2.10 bits per heavy atom. The van der Waals surface area contributed by atoms with Crippen molar-refractivity contribution in [1.29, 1.82) is 0 Å². The molecule has 1 aliphatic rings. The van der Waals surface area contributed by atoms with E-state index in [0.29, 0.717) is 12.3 Å². The first-order chi connectivity index (χ1) is 9.51. The molecule has 1 amide bonds. The summed E-state index contributed by atoms with van der Waals surface area (Å²) >= 11 is 3.34. The first-order valence-corrected chi connectivity index (χ1v) is 7.06. The summed E-state index contributed by atoms with van der Waals surface area (Å²) < 4.78 is 0.940. The van der Waals surface area contributed by atoms with E-state index in [1.807, 2.05) is 24.3 Å². The van der Waals surface area contributed by atoms with Gasteiger partial charge in [-0.15, -0.1) is 0 Å². The van der Waals surface area contributed by atoms with Gasteiger partial charge in [0.2, 0.25) is 5.91 Å². The number of rotatable bonds is 4. The molecule has 20 heavy (non-hydrogen) atoms. The van der Waals surface area contributed by atoms with Gasteiger partial charge in [0.15, 0.2) is 0 Å². The van der Waals surface area contributed by atoms with E-state index >= 15 is 0 Å². The minimum Gasteiger partial charge on any atom is -0.411 e. The molecule has 1 unspecified atom stereocenters. The zero-order valence-corrected chi connectivity index (χ0v) is 12.6. The lowest BCUT2D eigenvalue weighted by atomic mass is 9.99. The zero-order chi connectivity index (χ0) is 14.7. The number of amides is 1. The van der Waals surface area contributed by atoms with Gasteiger partial charge in [0.05, 0.1) is 5.71 Å². The van der Waals surface area contributed by atoms with Crippen LogP contribution in [0.1, 0.15) is 19.8 Å². The Labute approximate surface area is 125 Å². The van der Waals surface area contributed by atoms with Crippen LogP contribution in [0.3, 0.4) is 0 Å². The standard InChI is InChI=1S/C14H15BrN2O3/c1-9(16-20)6-13(18)10-7-14(19)17(8-10)12-4-2-11(15)3-5-12/h2-5,10,20H,6-8H2,1H3. The molecule has 1 N–H and O–H groups in total. The summed E-state index contributed by atoms with van der Waals surface area (Å²) in [5.74, 6) is -0.444. The third-order valence-electron chi connectivity index (χ3n) is 3.32. The molecule has 0 saturated carbocycles. The molecular weight excluding hydrogens is 324 g/mol. The summed E-state index contributed by atoms with van der Waals surface area (Å²) in [7, 11) is 0. The van der Waals surface area contributed by atoms with E-state index in [4.69, 9.17) is 5.21 Å². The van der Waals surface area contributed by atoms with Crippen LogP contribution in [-0.2, 0) is 9.59 Å². The summed E-state index contributed by atoms with van der Waals surface area (Å²) in [4.78, 5) is 25.7. The van der Waals surface area contributed by atoms with E-state index in [2.05, 4.69) is 21.1 Å². The van der Waals surface area contributed by atoms with E-state index < -0.39 is 0 Å². The quantitative estimate of drug-likeness (QED) is 0.521. The number of anilines is 1. The van der Waals surface area contributed by atoms with Gasteiger partial charge in [-0.25, -0.2) is 0 Å². The minimum absolute atomic E-state index is 0.0516. The van der Waals surface area contributed by atoms with Crippen molar-refractivity contribution in [2.45, 2.75) is 19.8 Å². The van der Waals surface area contributed by atoms with Gasteiger partial charge < -0.3 is 10.1 Å². The number of nitrogens with zero attached hydrogens (tertiary/aromatic N) is 2. The van der Waals surface area contributed by atoms with Gasteiger partial charge in [-0.2, -0.15) is 0 Å². The summed E-state index contributed by atoms with van der Waals surface area (Å²) in [5.41, 5.74) is 1.16. The highest BCUT2D eigenvalue weighted by Gasteiger charge is 2.34. The summed E-state index contributed by atoms with van der Waals surface area (Å²) in [5, 5.41) is 11.6. The molecule has 0 spiro atoms. The fourth-order valence-electron chi connectivity index (χ4n) is 2.23. The monoisotopic (exact) mass is 338 g/mol. The summed E-state index contributed by atoms with van der Waals surface area (Å²) in [6.45, 7) is 1.97. The maximum atomic E-state index is 12.0. The molecule has 0 aliphatic carbocycles. The maximum absolute atomic E-state index is 12.0. The Hall–Kier alpha value is -1.69. The molecule has 1 saturated heterocycles. The number of Topliss-reactive ketones (excluding diaryl/α,β-unsaturated/α-hetero) is 1. The number of hydrogen-bond donors (Lipinski definition) is 1. The average Bonchev–Trinajstić information content (AvgIpc) is 2.81. The second kappa shape index (κ2) is 6.17. The highest BCUT2D eigenvalue weighted by molar-refractivity contribution is 9.10. The van der Waals surface area contributed by atoms with Crippen molar-refractivity contribution in [1.82, 2.24) is 0 Å². The van der Waals surface area contributed by atoms with E-state index in [-0.39, 0.29) is 30.4 Å². The molecule has 1 atom stereocenters. The smallest absolute Gasteiger partial charge is 0.227 e. The van der Waals surface area contributed by atoms with Crippen molar-refractivity contribution in [2.24, 2.45) is 11.1 Å². The predicted octanol–water partition coefficient (Wildman–Crippen LogP) is 2.61. The van der Waals surface area contributed by atoms with Crippen molar-refractivity contribution in [3.05, 3.63) is 28.7 Å². The third kappa shape index (κ3) is 3.25. The SMILES string of the molecule is CC(CC(=O)C1CC(=O)N(c2ccc(Br)cc2)C1)=NO. The number of hydrogen-bond acceptors (Lipinski definition) is 4. The van der Waals surface area contributed by atoms with Gasteiger partial charge in [0, 0.05) is 35.5 Å². The Morgan fingerprint density at radius 3 is 2.70 bits per heavy atom. The molecule has 6 heteroatoms. The van der Waals surface area contributed by atoms with Gasteiger partial charge >= 0.3 is 0 Å². The van der Waals surface area contributed by atoms with Crippen molar-refractivity contribution in [2.75, 3.05) is 11.4 Å². The van der Waals surface area contributed by atoms with Gasteiger partial charge in [0.25, 0.3) is 0 Å². The number of carbonyl (C=O) groups is 2. The summed E-state index contributed by atoms with van der Waals surface area (Å²) in [6.07, 6.45) is 0.302. The van der Waals surface area contributed by atoms with Gasteiger partial charge in [-0.05, 0) is 31.2 Å². The lowest BCUT2D eigenvalue weighted by Crippen LogP contribution is -2.26. The van der Waals surface area contributed by atoms with Crippen molar-refractivity contribution in [3.63, 3.8) is 0 Å². The van der Waals surface area contributed by atoms with Crippen LogP contribution in [-0.4, -0.2) is 29.2 Å². The van der Waals surface area contributed by atoms with Crippen molar-refractivity contribution < 1.29 is 14.8 Å². The second-order valence-electron chi connectivity index (χ2n) is 4.86. The zero-order valence-electron chi connectivity index (χ0n) is 11.0. The van der Waals surface area contributed by atoms with Gasteiger partial charge in [-0.1, -0.05) is 21.1 Å². The van der Waals surface area contributed by atoms with E-state index in [1.54, 1.807) is 11.8 Å². The Morgan fingerprint density at radius 1 is 1.45 bits per heavy atom. The minimum atomic E-state index is -0.331. The van der Waals surface area contributed by atoms with Crippen LogP contribution < -0.4 is 4.90 Å². The molecule has 0 bridgehead atoms. The number of ketones is 1. The van der Waals surface area contributed by atoms with Gasteiger partial charge in [0.1, 0.15) is 5.78 Å². The van der Waals surface area contributed by atoms with Crippen LogP contribution in [0, 0.1) is 5.92 Å². The van der Waals surface area contributed by atoms with Crippen LogP contribution in [0.2, 0.25) is 0 Å². The molecule has 2 rings (SSSR count). The van der Waals surface area contributed by atoms with Crippen LogP contribution >= 0.6 is 15.9 Å². The van der Waals surface area contributed by atoms with E-state index in [0.717, 1.165) is 10.2 Å². The Kier molecular flexibility index (Phi) is 4.54. The fourth-order valence-corrected chi connectivity index (χ4v) is 2.49. The normalized spacial score (nSPS) is 19.5. The largest absolute Gasteiger partial charge is 0.411 e. The molecule has 1 heterocycles. The number of carbonyl (C=O) groups excluding carboxylic acids is 2. The van der Waals surface area contributed by atoms with Crippen LogP contribution in [0.4, 0.5) is 5.69 Å². The highest BCUT2D eigenvalue weighted by atomic mass is 79.9. The molecular formula is C14H15BrN2O3. The van der Waals surface area contributed by atoms with E-state index in [9.17, 15) is 9.59 Å². The first kappa shape index (κ1) is 14.7. The number of oxime groups is 1. The number of benzene rings is 1. The van der Waals surface area contributed by atoms with Gasteiger partial charge in [-0.3, -0.25) is 9.59 Å². The fraction of sp³-hybridized carbons (Fsp3) is 0.357. The Bertz CT molecular complexity index is 554. The molecule has 1 aromatic rings. The lowest BCUT2D eigenvalue weighted by Gasteiger charge is -2.16. The molecule has 0 radical (unpaired) electrons. The molecule has 0 aromatic heterocycles. The van der Waals surface area contributed by atoms with Crippen LogP contribution in [0.5, 0.6) is 0 Å². The third-order valence-corrected chi connectivity index (χ3v) is 3.85. The molecule has 5 nitrogen and oxygen atoms in total. The number of halogens is 1. The lowest BCUT2D eigenvalue weighted by molar-refractivity contribution is -0.123. The van der Waals surface area contributed by atoms with Crippen molar-refractivity contribution >= 4 is 39.0 Å². The molecule has 1 fully saturated rings. The average molecular weight is 339 g/mol. The second-order valence-corrected chi connectivity index (χ2v) is 5.78. The Balaban J connectivity index is 2.07. The predicted molar refractivity (Wildman–Crippen MR) is 79.1 cm³/mol. The highest BCUT2D eigenvalue weighted by Crippen LogP contribution is 2.27. The van der Waals surface area contributed by atoms with Crippen LogP contribution in [0.25, 0.3) is 0 Å². The molecule has 1 aliphatic heterocycles. The maximum Gasteiger partial charge on any atom is 0.227 e. The topological polar surface area (TPSA) is 70.0 Å². The molecule has 1 aromatic carbocycles. The first-order valence-electron chi connectivity index (χ1n) is 6.27. The van der Waals surface area contributed by atoms with Crippen LogP contribution in [0.15, 0.2) is 33.9 Å². The molecule has 106 valence electrons. The summed E-state index contributed by atoms with van der Waals surface area (Å²) in [6, 6.07) is 7.41.